The molecular formula is C42H87N2O6P. The summed E-state index contributed by atoms with van der Waals surface area (Å²) in [6.07, 6.45) is 37.2. The normalized spacial score (nSPS) is 14.4. The second-order valence-corrected chi connectivity index (χ2v) is 17.8. The van der Waals surface area contributed by atoms with E-state index in [1.54, 1.807) is 0 Å². The van der Waals surface area contributed by atoms with Gasteiger partial charge < -0.3 is 28.8 Å². The van der Waals surface area contributed by atoms with Crippen molar-refractivity contribution >= 4 is 13.7 Å². The van der Waals surface area contributed by atoms with E-state index >= 15 is 0 Å². The molecule has 2 N–H and O–H groups in total. The van der Waals surface area contributed by atoms with Crippen molar-refractivity contribution in [1.29, 1.82) is 0 Å². The molecule has 3 atom stereocenters. The molecule has 0 bridgehead atoms. The van der Waals surface area contributed by atoms with Crippen LogP contribution in [0, 0.1) is 0 Å². The molecular weight excluding hydrogens is 659 g/mol. The number of likely N-dealkylation sites (N-methyl/N-ethyl adjacent to an activating group) is 1. The zero-order chi connectivity index (χ0) is 37.9. The van der Waals surface area contributed by atoms with Gasteiger partial charge in [-0.15, -0.1) is 0 Å². The Labute approximate surface area is 317 Å². The third-order valence-corrected chi connectivity index (χ3v) is 11.1. The summed E-state index contributed by atoms with van der Waals surface area (Å²) in [6, 6.07) is -0.790. The van der Waals surface area contributed by atoms with Crippen LogP contribution in [-0.2, 0) is 18.4 Å². The maximum atomic E-state index is 12.8. The zero-order valence-electron chi connectivity index (χ0n) is 34.6. The number of amides is 1. The highest BCUT2D eigenvalue weighted by molar-refractivity contribution is 7.45. The van der Waals surface area contributed by atoms with Gasteiger partial charge in [-0.1, -0.05) is 194 Å². The van der Waals surface area contributed by atoms with E-state index in [1.165, 1.54) is 148 Å². The van der Waals surface area contributed by atoms with E-state index in [4.69, 9.17) is 9.05 Å². The fourth-order valence-corrected chi connectivity index (χ4v) is 7.29. The van der Waals surface area contributed by atoms with Crippen LogP contribution in [0.3, 0.4) is 0 Å². The van der Waals surface area contributed by atoms with E-state index in [1.807, 2.05) is 21.1 Å². The van der Waals surface area contributed by atoms with Gasteiger partial charge in [0.25, 0.3) is 7.82 Å². The first-order chi connectivity index (χ1) is 24.5. The molecule has 0 aromatic heterocycles. The predicted molar refractivity (Wildman–Crippen MR) is 215 cm³/mol. The van der Waals surface area contributed by atoms with Crippen LogP contribution in [0.15, 0.2) is 0 Å². The Morgan fingerprint density at radius 2 is 0.961 bits per heavy atom. The molecule has 306 valence electrons. The average molecular weight is 747 g/mol. The third-order valence-electron chi connectivity index (χ3n) is 10.1. The van der Waals surface area contributed by atoms with Gasteiger partial charge in [-0.2, -0.15) is 0 Å². The van der Waals surface area contributed by atoms with E-state index < -0.39 is 20.0 Å². The van der Waals surface area contributed by atoms with Gasteiger partial charge in [-0.05, 0) is 12.8 Å². The van der Waals surface area contributed by atoms with Crippen LogP contribution in [0.25, 0.3) is 0 Å². The van der Waals surface area contributed by atoms with Crippen molar-refractivity contribution in [2.45, 2.75) is 225 Å². The monoisotopic (exact) mass is 747 g/mol. The highest BCUT2D eigenvalue weighted by Gasteiger charge is 2.24. The fourth-order valence-electron chi connectivity index (χ4n) is 6.57. The van der Waals surface area contributed by atoms with Gasteiger partial charge in [0, 0.05) is 6.42 Å². The summed E-state index contributed by atoms with van der Waals surface area (Å²) in [4.78, 5) is 25.1. The molecule has 9 heteroatoms. The van der Waals surface area contributed by atoms with E-state index in [2.05, 4.69) is 19.2 Å². The van der Waals surface area contributed by atoms with Crippen molar-refractivity contribution in [3.8, 4) is 0 Å². The second-order valence-electron chi connectivity index (χ2n) is 16.4. The molecule has 0 radical (unpaired) electrons. The number of nitrogens with zero attached hydrogens (tertiary/aromatic N) is 1. The highest BCUT2D eigenvalue weighted by atomic mass is 31.2. The number of hydrogen-bond donors (Lipinski definition) is 2. The quantitative estimate of drug-likeness (QED) is 0.0367. The molecule has 0 aromatic carbocycles. The molecule has 0 saturated heterocycles. The smallest absolute Gasteiger partial charge is 0.268 e. The van der Waals surface area contributed by atoms with Gasteiger partial charge >= 0.3 is 0 Å². The molecule has 0 fully saturated rings. The second kappa shape index (κ2) is 35.2. The van der Waals surface area contributed by atoms with Crippen LogP contribution in [0.5, 0.6) is 0 Å². The lowest BCUT2D eigenvalue weighted by Crippen LogP contribution is -2.46. The number of carbonyl (C=O) groups is 1. The van der Waals surface area contributed by atoms with Crippen molar-refractivity contribution in [2.75, 3.05) is 40.9 Å². The zero-order valence-corrected chi connectivity index (χ0v) is 35.5. The van der Waals surface area contributed by atoms with E-state index in [0.717, 1.165) is 38.5 Å². The summed E-state index contributed by atoms with van der Waals surface area (Å²) < 4.78 is 23.1. The molecule has 0 aliphatic rings. The largest absolute Gasteiger partial charge is 0.756 e. The number of hydrogen-bond acceptors (Lipinski definition) is 6. The highest BCUT2D eigenvalue weighted by Crippen LogP contribution is 2.38. The Morgan fingerprint density at radius 3 is 1.33 bits per heavy atom. The first-order valence-corrected chi connectivity index (χ1v) is 23.3. The minimum Gasteiger partial charge on any atom is -0.756 e. The lowest BCUT2D eigenvalue weighted by Gasteiger charge is -2.30. The van der Waals surface area contributed by atoms with Crippen LogP contribution in [0.1, 0.15) is 213 Å². The molecule has 0 saturated carbocycles. The number of phosphoric ester groups is 1. The van der Waals surface area contributed by atoms with Gasteiger partial charge in [-0.3, -0.25) is 9.36 Å². The van der Waals surface area contributed by atoms with E-state index in [9.17, 15) is 19.4 Å². The van der Waals surface area contributed by atoms with Gasteiger partial charge in [0.15, 0.2) is 0 Å². The molecule has 1 amide bonds. The van der Waals surface area contributed by atoms with Crippen molar-refractivity contribution in [2.24, 2.45) is 0 Å². The fraction of sp³-hybridized carbons (Fsp3) is 0.976. The summed E-state index contributed by atoms with van der Waals surface area (Å²) >= 11 is 0. The number of phosphoric acid groups is 1. The van der Waals surface area contributed by atoms with Gasteiger partial charge in [0.1, 0.15) is 13.2 Å². The molecule has 8 nitrogen and oxygen atoms in total. The maximum Gasteiger partial charge on any atom is 0.268 e. The molecule has 0 aromatic rings. The number of quaternary nitrogens is 1. The SMILES string of the molecule is CCCCCCCCCCCCCCCCCCCCCCCCCC(=O)NC(COP(=O)([O-])OCC[N+](C)(C)C)C(O)CCCCCCCC. The first-order valence-electron chi connectivity index (χ1n) is 21.9. The van der Waals surface area contributed by atoms with Crippen LogP contribution in [0.4, 0.5) is 0 Å². The summed E-state index contributed by atoms with van der Waals surface area (Å²) in [6.45, 7) is 4.67. The third kappa shape index (κ3) is 37.6. The molecule has 51 heavy (non-hydrogen) atoms. The minimum atomic E-state index is -4.54. The standard InChI is InChI=1S/C42H87N2O6P/c1-6-8-10-12-14-15-16-17-18-19-20-21-22-23-24-25-26-27-28-29-30-32-34-36-42(46)43-40(41(45)35-33-31-13-11-9-7-2)39-50-51(47,48)49-38-37-44(3,4)5/h40-41,45H,6-39H2,1-5H3,(H-,43,46,47,48). The number of carbonyl (C=O) groups excluding carboxylic acids is 1. The average Bonchev–Trinajstić information content (AvgIpc) is 3.07. The van der Waals surface area contributed by atoms with Crippen molar-refractivity contribution in [3.05, 3.63) is 0 Å². The Bertz CT molecular complexity index is 809. The first kappa shape index (κ1) is 50.5. The predicted octanol–water partition coefficient (Wildman–Crippen LogP) is 11.2. The summed E-state index contributed by atoms with van der Waals surface area (Å²) in [5, 5.41) is 13.7. The number of aliphatic hydroxyl groups is 1. The summed E-state index contributed by atoms with van der Waals surface area (Å²) in [5.41, 5.74) is 0. The van der Waals surface area contributed by atoms with Gasteiger partial charge in [0.05, 0.1) is 39.9 Å². The number of nitrogens with one attached hydrogen (secondary N) is 1. The summed E-state index contributed by atoms with van der Waals surface area (Å²) in [7, 11) is 1.31. The molecule has 0 aliphatic carbocycles. The van der Waals surface area contributed by atoms with Gasteiger partial charge in [0.2, 0.25) is 5.91 Å². The van der Waals surface area contributed by atoms with E-state index in [-0.39, 0.29) is 19.1 Å². The number of unbranched alkanes of at least 4 members (excludes halogenated alkanes) is 27. The molecule has 0 rings (SSSR count). The van der Waals surface area contributed by atoms with Gasteiger partial charge in [-0.25, -0.2) is 0 Å². The number of aliphatic hydroxyl groups excluding tert-OH is 1. The minimum absolute atomic E-state index is 0.0150. The van der Waals surface area contributed by atoms with Crippen molar-refractivity contribution in [3.63, 3.8) is 0 Å². The Morgan fingerprint density at radius 1 is 0.608 bits per heavy atom. The maximum absolute atomic E-state index is 12.8. The van der Waals surface area contributed by atoms with E-state index in [0.29, 0.717) is 23.9 Å². The molecule has 0 spiro atoms. The molecule has 0 heterocycles. The van der Waals surface area contributed by atoms with Crippen LogP contribution < -0.4 is 10.2 Å². The van der Waals surface area contributed by atoms with Crippen LogP contribution >= 0.6 is 7.82 Å². The Kier molecular flexibility index (Phi) is 34.9. The molecule has 0 aliphatic heterocycles. The lowest BCUT2D eigenvalue weighted by atomic mass is 10.0. The molecule has 3 unspecified atom stereocenters. The Hall–Kier alpha value is -0.500. The Balaban J connectivity index is 4.01. The van der Waals surface area contributed by atoms with Crippen molar-refractivity contribution < 1.29 is 32.9 Å². The van der Waals surface area contributed by atoms with Crippen molar-refractivity contribution in [1.82, 2.24) is 5.32 Å². The number of rotatable bonds is 40. The van der Waals surface area contributed by atoms with Crippen LogP contribution in [-0.4, -0.2) is 68.5 Å². The lowest BCUT2D eigenvalue weighted by molar-refractivity contribution is -0.870. The topological polar surface area (TPSA) is 108 Å². The van der Waals surface area contributed by atoms with Crippen LogP contribution in [0.2, 0.25) is 0 Å². The summed E-state index contributed by atoms with van der Waals surface area (Å²) in [5.74, 6) is -0.166.